The first-order valence-electron chi connectivity index (χ1n) is 8.88. The highest BCUT2D eigenvalue weighted by atomic mass is 35.5. The largest absolute Gasteiger partial charge is 0.350 e. The van der Waals surface area contributed by atoms with Gasteiger partial charge in [-0.2, -0.15) is 0 Å². The molecule has 28 heavy (non-hydrogen) atoms. The Morgan fingerprint density at radius 1 is 1.21 bits per heavy atom. The third kappa shape index (κ3) is 7.88. The lowest BCUT2D eigenvalue weighted by atomic mass is 9.94. The maximum absolute atomic E-state index is 12.4. The van der Waals surface area contributed by atoms with Gasteiger partial charge in [-0.05, 0) is 31.0 Å². The number of imidazole rings is 1. The molecule has 1 heterocycles. The highest BCUT2D eigenvalue weighted by molar-refractivity contribution is 5.97. The number of aromatic nitrogens is 2. The summed E-state index contributed by atoms with van der Waals surface area (Å²) in [6, 6.07) is 6.89. The molecular formula is C19H29Cl2N5O2. The zero-order valence-corrected chi connectivity index (χ0v) is 17.8. The highest BCUT2D eigenvalue weighted by Gasteiger charge is 2.21. The minimum Gasteiger partial charge on any atom is -0.350 e. The number of nitrogens with zero attached hydrogens (tertiary/aromatic N) is 2. The normalized spacial score (nSPS) is 10.4. The molecule has 0 radical (unpaired) electrons. The highest BCUT2D eigenvalue weighted by Crippen LogP contribution is 2.13. The zero-order chi connectivity index (χ0) is 19.0. The summed E-state index contributed by atoms with van der Waals surface area (Å²) in [7, 11) is 0. The minimum absolute atomic E-state index is 0. The maximum atomic E-state index is 12.4. The Balaban J connectivity index is 0.00000364. The summed E-state index contributed by atoms with van der Waals surface area (Å²) < 4.78 is 1.84. The van der Waals surface area contributed by atoms with Gasteiger partial charge in [-0.25, -0.2) is 4.98 Å². The predicted octanol–water partition coefficient (Wildman–Crippen LogP) is 3.00. The SMILES string of the molecule is CCC(N)(CC)CNC(=O)c1cccc(NC(=O)CCn2ccnc2)c1.Cl.Cl. The summed E-state index contributed by atoms with van der Waals surface area (Å²) >= 11 is 0. The standard InChI is InChI=1S/C19H27N5O2.2ClH/c1-3-19(20,4-2)13-22-18(26)15-6-5-7-16(12-15)23-17(25)8-10-24-11-9-21-14-24;;/h5-7,9,11-12,14H,3-4,8,10,13,20H2,1-2H3,(H,22,26)(H,23,25);2*1H. The Bertz CT molecular complexity index is 734. The molecule has 0 unspecified atom stereocenters. The van der Waals surface area contributed by atoms with E-state index in [2.05, 4.69) is 15.6 Å². The van der Waals surface area contributed by atoms with Gasteiger partial charge < -0.3 is 20.9 Å². The number of anilines is 1. The van der Waals surface area contributed by atoms with Crippen LogP contribution in [0.5, 0.6) is 0 Å². The number of rotatable bonds is 9. The van der Waals surface area contributed by atoms with Crippen LogP contribution in [0.3, 0.4) is 0 Å². The van der Waals surface area contributed by atoms with Gasteiger partial charge in [-0.3, -0.25) is 9.59 Å². The molecule has 0 fully saturated rings. The van der Waals surface area contributed by atoms with Crippen molar-refractivity contribution in [2.24, 2.45) is 5.73 Å². The van der Waals surface area contributed by atoms with Crippen LogP contribution in [-0.4, -0.2) is 33.4 Å². The molecule has 0 aliphatic rings. The van der Waals surface area contributed by atoms with Crippen LogP contribution < -0.4 is 16.4 Å². The quantitative estimate of drug-likeness (QED) is 0.569. The van der Waals surface area contributed by atoms with Gasteiger partial charge in [0.1, 0.15) is 0 Å². The van der Waals surface area contributed by atoms with Crippen molar-refractivity contribution >= 4 is 42.3 Å². The second-order valence-electron chi connectivity index (χ2n) is 6.43. The van der Waals surface area contributed by atoms with E-state index < -0.39 is 5.54 Å². The van der Waals surface area contributed by atoms with Crippen LogP contribution in [0.25, 0.3) is 0 Å². The molecule has 156 valence electrons. The lowest BCUT2D eigenvalue weighted by Gasteiger charge is -2.26. The summed E-state index contributed by atoms with van der Waals surface area (Å²) in [6.07, 6.45) is 7.06. The lowest BCUT2D eigenvalue weighted by Crippen LogP contribution is -2.49. The van der Waals surface area contributed by atoms with E-state index in [4.69, 9.17) is 5.73 Å². The minimum atomic E-state index is -0.394. The van der Waals surface area contributed by atoms with Crippen LogP contribution >= 0.6 is 24.8 Å². The van der Waals surface area contributed by atoms with Crippen LogP contribution in [0.1, 0.15) is 43.5 Å². The lowest BCUT2D eigenvalue weighted by molar-refractivity contribution is -0.116. The fraction of sp³-hybridized carbons (Fsp3) is 0.421. The molecule has 7 nitrogen and oxygen atoms in total. The van der Waals surface area contributed by atoms with E-state index in [1.165, 1.54) is 0 Å². The number of benzene rings is 1. The fourth-order valence-electron chi connectivity index (χ4n) is 2.47. The van der Waals surface area contributed by atoms with Gasteiger partial charge in [0.15, 0.2) is 0 Å². The molecule has 4 N–H and O–H groups in total. The Kier molecular flexibility index (Phi) is 11.5. The molecule has 2 aromatic rings. The summed E-state index contributed by atoms with van der Waals surface area (Å²) in [6.45, 7) is 4.99. The average Bonchev–Trinajstić information content (AvgIpc) is 3.18. The Hall–Kier alpha value is -2.09. The van der Waals surface area contributed by atoms with Gasteiger partial charge in [0.25, 0.3) is 5.91 Å². The second-order valence-corrected chi connectivity index (χ2v) is 6.43. The van der Waals surface area contributed by atoms with Crippen molar-refractivity contribution in [3.05, 3.63) is 48.5 Å². The summed E-state index contributed by atoms with van der Waals surface area (Å²) in [5.41, 5.74) is 6.91. The molecule has 2 amide bonds. The van der Waals surface area contributed by atoms with Crippen molar-refractivity contribution in [2.75, 3.05) is 11.9 Å². The smallest absolute Gasteiger partial charge is 0.251 e. The number of aryl methyl sites for hydroxylation is 1. The predicted molar refractivity (Wildman–Crippen MR) is 116 cm³/mol. The van der Waals surface area contributed by atoms with Crippen LogP contribution in [-0.2, 0) is 11.3 Å². The van der Waals surface area contributed by atoms with Gasteiger partial charge >= 0.3 is 0 Å². The number of nitrogens with one attached hydrogen (secondary N) is 2. The molecule has 0 saturated heterocycles. The fourth-order valence-corrected chi connectivity index (χ4v) is 2.47. The molecule has 1 aromatic heterocycles. The second kappa shape index (κ2) is 12.4. The number of carbonyl (C=O) groups is 2. The molecule has 2 rings (SSSR count). The van der Waals surface area contributed by atoms with Gasteiger partial charge in [-0.15, -0.1) is 24.8 Å². The van der Waals surface area contributed by atoms with Crippen molar-refractivity contribution in [1.29, 1.82) is 0 Å². The van der Waals surface area contributed by atoms with Crippen molar-refractivity contribution in [1.82, 2.24) is 14.9 Å². The van der Waals surface area contributed by atoms with E-state index in [0.29, 0.717) is 30.8 Å². The Labute approximate surface area is 178 Å². The van der Waals surface area contributed by atoms with E-state index >= 15 is 0 Å². The molecule has 1 aromatic carbocycles. The van der Waals surface area contributed by atoms with Crippen LogP contribution in [0.15, 0.2) is 43.0 Å². The first-order valence-corrected chi connectivity index (χ1v) is 8.88. The van der Waals surface area contributed by atoms with E-state index in [-0.39, 0.29) is 36.6 Å². The first-order chi connectivity index (χ1) is 12.5. The molecule has 0 spiro atoms. The van der Waals surface area contributed by atoms with Gasteiger partial charge in [-0.1, -0.05) is 19.9 Å². The molecule has 0 saturated carbocycles. The molecular weight excluding hydrogens is 401 g/mol. The zero-order valence-electron chi connectivity index (χ0n) is 16.2. The molecule has 0 bridgehead atoms. The first kappa shape index (κ1) is 25.9. The molecule has 0 aliphatic heterocycles. The van der Waals surface area contributed by atoms with E-state index in [1.807, 2.05) is 24.6 Å². The average molecular weight is 430 g/mol. The van der Waals surface area contributed by atoms with Gasteiger partial charge in [0.05, 0.1) is 6.33 Å². The summed E-state index contributed by atoms with van der Waals surface area (Å²) in [4.78, 5) is 28.4. The number of hydrogen-bond acceptors (Lipinski definition) is 4. The van der Waals surface area contributed by atoms with Crippen molar-refractivity contribution in [3.63, 3.8) is 0 Å². The maximum Gasteiger partial charge on any atom is 0.251 e. The van der Waals surface area contributed by atoms with Crippen molar-refractivity contribution in [3.8, 4) is 0 Å². The Morgan fingerprint density at radius 3 is 2.54 bits per heavy atom. The number of carbonyl (C=O) groups excluding carboxylic acids is 2. The molecule has 0 aliphatic carbocycles. The van der Waals surface area contributed by atoms with E-state index in [9.17, 15) is 9.59 Å². The third-order valence-corrected chi connectivity index (χ3v) is 4.57. The number of halogens is 2. The molecule has 0 atom stereocenters. The Morgan fingerprint density at radius 2 is 1.93 bits per heavy atom. The van der Waals surface area contributed by atoms with Gasteiger partial charge in [0.2, 0.25) is 5.91 Å². The monoisotopic (exact) mass is 429 g/mol. The van der Waals surface area contributed by atoms with Crippen molar-refractivity contribution in [2.45, 2.75) is 45.2 Å². The number of hydrogen-bond donors (Lipinski definition) is 3. The van der Waals surface area contributed by atoms with E-state index in [1.54, 1.807) is 36.8 Å². The van der Waals surface area contributed by atoms with Gasteiger partial charge in [0, 0.05) is 48.7 Å². The van der Waals surface area contributed by atoms with Crippen LogP contribution in [0.2, 0.25) is 0 Å². The van der Waals surface area contributed by atoms with Crippen molar-refractivity contribution < 1.29 is 9.59 Å². The topological polar surface area (TPSA) is 102 Å². The molecule has 9 heteroatoms. The van der Waals surface area contributed by atoms with Crippen LogP contribution in [0, 0.1) is 0 Å². The number of amides is 2. The van der Waals surface area contributed by atoms with E-state index in [0.717, 1.165) is 12.8 Å². The van der Waals surface area contributed by atoms with Crippen LogP contribution in [0.4, 0.5) is 5.69 Å². The number of nitrogens with two attached hydrogens (primary N) is 1. The summed E-state index contributed by atoms with van der Waals surface area (Å²) in [5, 5.41) is 5.70. The third-order valence-electron chi connectivity index (χ3n) is 4.57. The summed E-state index contributed by atoms with van der Waals surface area (Å²) in [5.74, 6) is -0.314.